The van der Waals surface area contributed by atoms with Gasteiger partial charge in [0.2, 0.25) is 0 Å². The van der Waals surface area contributed by atoms with Gasteiger partial charge in [0.05, 0.1) is 6.10 Å². The van der Waals surface area contributed by atoms with Crippen molar-refractivity contribution < 1.29 is 4.84 Å². The molecule has 2 aliphatic rings. The van der Waals surface area contributed by atoms with Crippen LogP contribution in [-0.4, -0.2) is 37.2 Å². The maximum Gasteiger partial charge on any atom is 0.0790 e. The molecule has 0 aromatic carbocycles. The summed E-state index contributed by atoms with van der Waals surface area (Å²) >= 11 is 0. The second-order valence-corrected chi connectivity index (χ2v) is 5.57. The van der Waals surface area contributed by atoms with Crippen LogP contribution in [0.15, 0.2) is 0 Å². The lowest BCUT2D eigenvalue weighted by Crippen LogP contribution is -2.41. The SMILES string of the molecule is CC(NOC1CCCC1)C1CCN(C)CC1. The Hall–Kier alpha value is -0.120. The maximum absolute atomic E-state index is 5.78. The normalized spacial score (nSPS) is 27.4. The van der Waals surface area contributed by atoms with Crippen molar-refractivity contribution in [2.75, 3.05) is 20.1 Å². The van der Waals surface area contributed by atoms with Crippen molar-refractivity contribution in [1.82, 2.24) is 10.4 Å². The number of piperidine rings is 1. The van der Waals surface area contributed by atoms with E-state index in [-0.39, 0.29) is 0 Å². The second kappa shape index (κ2) is 5.99. The fourth-order valence-corrected chi connectivity index (χ4v) is 2.83. The van der Waals surface area contributed by atoms with Crippen molar-refractivity contribution in [1.29, 1.82) is 0 Å². The van der Waals surface area contributed by atoms with E-state index >= 15 is 0 Å². The summed E-state index contributed by atoms with van der Waals surface area (Å²) < 4.78 is 0. The van der Waals surface area contributed by atoms with Gasteiger partial charge in [0.1, 0.15) is 0 Å². The number of likely N-dealkylation sites (tertiary alicyclic amines) is 1. The van der Waals surface area contributed by atoms with Crippen LogP contribution in [0.3, 0.4) is 0 Å². The Labute approximate surface area is 99.5 Å². The van der Waals surface area contributed by atoms with Crippen molar-refractivity contribution in [3.05, 3.63) is 0 Å². The van der Waals surface area contributed by atoms with Crippen molar-refractivity contribution in [2.24, 2.45) is 5.92 Å². The Morgan fingerprint density at radius 2 is 1.75 bits per heavy atom. The number of nitrogens with zero attached hydrogens (tertiary/aromatic N) is 1. The smallest absolute Gasteiger partial charge is 0.0790 e. The van der Waals surface area contributed by atoms with Gasteiger partial charge >= 0.3 is 0 Å². The van der Waals surface area contributed by atoms with Crippen LogP contribution in [0.1, 0.15) is 45.4 Å². The van der Waals surface area contributed by atoms with E-state index in [2.05, 4.69) is 24.4 Å². The van der Waals surface area contributed by atoms with Crippen LogP contribution < -0.4 is 5.48 Å². The highest BCUT2D eigenvalue weighted by Gasteiger charge is 2.23. The predicted octanol–water partition coefficient (Wildman–Crippen LogP) is 2.18. The van der Waals surface area contributed by atoms with Gasteiger partial charge in [-0.15, -0.1) is 0 Å². The molecule has 0 aromatic heterocycles. The highest BCUT2D eigenvalue weighted by atomic mass is 16.7. The summed E-state index contributed by atoms with van der Waals surface area (Å²) in [6.07, 6.45) is 8.26. The first kappa shape index (κ1) is 12.3. The summed E-state index contributed by atoms with van der Waals surface area (Å²) in [7, 11) is 2.21. The molecule has 94 valence electrons. The number of nitrogens with one attached hydrogen (secondary N) is 1. The average Bonchev–Trinajstić information content (AvgIpc) is 2.80. The highest BCUT2D eigenvalue weighted by molar-refractivity contribution is 4.77. The van der Waals surface area contributed by atoms with Crippen molar-refractivity contribution in [3.8, 4) is 0 Å². The molecule has 1 heterocycles. The van der Waals surface area contributed by atoms with Gasteiger partial charge in [-0.1, -0.05) is 12.8 Å². The summed E-state index contributed by atoms with van der Waals surface area (Å²) in [6, 6.07) is 0.509. The molecule has 1 aliphatic carbocycles. The quantitative estimate of drug-likeness (QED) is 0.744. The minimum absolute atomic E-state index is 0.480. The third-order valence-corrected chi connectivity index (χ3v) is 4.19. The molecule has 1 unspecified atom stereocenters. The van der Waals surface area contributed by atoms with E-state index in [1.54, 1.807) is 0 Å². The van der Waals surface area contributed by atoms with Crippen LogP contribution in [0.5, 0.6) is 0 Å². The first-order valence-corrected chi connectivity index (χ1v) is 6.85. The molecule has 3 heteroatoms. The molecule has 1 N–H and O–H groups in total. The van der Waals surface area contributed by atoms with Gasteiger partial charge in [-0.25, -0.2) is 0 Å². The molecule has 1 saturated carbocycles. The monoisotopic (exact) mass is 226 g/mol. The topological polar surface area (TPSA) is 24.5 Å². The van der Waals surface area contributed by atoms with Gasteiger partial charge in [0, 0.05) is 6.04 Å². The zero-order chi connectivity index (χ0) is 11.4. The van der Waals surface area contributed by atoms with Gasteiger partial charge in [0.15, 0.2) is 0 Å². The second-order valence-electron chi connectivity index (χ2n) is 5.57. The molecule has 0 radical (unpaired) electrons. The summed E-state index contributed by atoms with van der Waals surface area (Å²) in [5.74, 6) is 0.789. The van der Waals surface area contributed by atoms with Gasteiger partial charge in [-0.05, 0) is 58.7 Å². The van der Waals surface area contributed by atoms with E-state index in [0.29, 0.717) is 12.1 Å². The third-order valence-electron chi connectivity index (χ3n) is 4.19. The van der Waals surface area contributed by atoms with Gasteiger partial charge in [-0.3, -0.25) is 4.84 Å². The van der Waals surface area contributed by atoms with Crippen LogP contribution >= 0.6 is 0 Å². The summed E-state index contributed by atoms with van der Waals surface area (Å²) in [6.45, 7) is 4.74. The van der Waals surface area contributed by atoms with E-state index in [1.165, 1.54) is 51.6 Å². The largest absolute Gasteiger partial charge is 0.306 e. The van der Waals surface area contributed by atoms with Crippen LogP contribution in [0, 0.1) is 5.92 Å². The van der Waals surface area contributed by atoms with E-state index < -0.39 is 0 Å². The highest BCUT2D eigenvalue weighted by Crippen LogP contribution is 2.22. The number of hydroxylamine groups is 1. The lowest BCUT2D eigenvalue weighted by molar-refractivity contribution is -0.0514. The molecular weight excluding hydrogens is 200 g/mol. The van der Waals surface area contributed by atoms with Crippen molar-refractivity contribution in [2.45, 2.75) is 57.6 Å². The molecule has 2 rings (SSSR count). The molecular formula is C13H26N2O. The molecule has 1 atom stereocenters. The fraction of sp³-hybridized carbons (Fsp3) is 1.00. The standard InChI is InChI=1S/C13H26N2O/c1-11(12-7-9-15(2)10-8-12)14-16-13-5-3-4-6-13/h11-14H,3-10H2,1-2H3. The fourth-order valence-electron chi connectivity index (χ4n) is 2.83. The molecule has 0 aromatic rings. The Balaban J connectivity index is 1.64. The molecule has 16 heavy (non-hydrogen) atoms. The van der Waals surface area contributed by atoms with E-state index in [1.807, 2.05) is 0 Å². The Morgan fingerprint density at radius 1 is 1.12 bits per heavy atom. The average molecular weight is 226 g/mol. The maximum atomic E-state index is 5.78. The Kier molecular flexibility index (Phi) is 4.62. The Morgan fingerprint density at radius 3 is 2.38 bits per heavy atom. The first-order valence-electron chi connectivity index (χ1n) is 6.85. The van der Waals surface area contributed by atoms with Crippen molar-refractivity contribution >= 4 is 0 Å². The van der Waals surface area contributed by atoms with Crippen molar-refractivity contribution in [3.63, 3.8) is 0 Å². The Bertz CT molecular complexity index is 196. The van der Waals surface area contributed by atoms with Crippen LogP contribution in [0.4, 0.5) is 0 Å². The zero-order valence-corrected chi connectivity index (χ0v) is 10.7. The lowest BCUT2D eigenvalue weighted by Gasteiger charge is -2.33. The summed E-state index contributed by atoms with van der Waals surface area (Å²) in [5.41, 5.74) is 3.29. The third kappa shape index (κ3) is 3.44. The molecule has 0 amide bonds. The van der Waals surface area contributed by atoms with Gasteiger partial charge in [-0.2, -0.15) is 5.48 Å². The number of hydrogen-bond donors (Lipinski definition) is 1. The lowest BCUT2D eigenvalue weighted by atomic mass is 9.91. The molecule has 1 aliphatic heterocycles. The zero-order valence-electron chi connectivity index (χ0n) is 10.7. The molecule has 1 saturated heterocycles. The van der Waals surface area contributed by atoms with Gasteiger partial charge in [0.25, 0.3) is 0 Å². The first-order chi connectivity index (χ1) is 7.75. The molecule has 0 spiro atoms. The molecule has 2 fully saturated rings. The number of rotatable bonds is 4. The summed E-state index contributed by atoms with van der Waals surface area (Å²) in [5, 5.41) is 0. The minimum Gasteiger partial charge on any atom is -0.306 e. The van der Waals surface area contributed by atoms with E-state index in [0.717, 1.165) is 5.92 Å². The minimum atomic E-state index is 0.480. The molecule has 3 nitrogen and oxygen atoms in total. The van der Waals surface area contributed by atoms with Crippen LogP contribution in [0.2, 0.25) is 0 Å². The number of hydrogen-bond acceptors (Lipinski definition) is 3. The summed E-state index contributed by atoms with van der Waals surface area (Å²) in [4.78, 5) is 8.20. The van der Waals surface area contributed by atoms with Crippen LogP contribution in [0.25, 0.3) is 0 Å². The predicted molar refractivity (Wildman–Crippen MR) is 66.2 cm³/mol. The van der Waals surface area contributed by atoms with Crippen LogP contribution in [-0.2, 0) is 4.84 Å². The van der Waals surface area contributed by atoms with E-state index in [9.17, 15) is 0 Å². The molecule has 0 bridgehead atoms. The van der Waals surface area contributed by atoms with Gasteiger partial charge < -0.3 is 4.90 Å². The van der Waals surface area contributed by atoms with E-state index in [4.69, 9.17) is 4.84 Å².